The van der Waals surface area contributed by atoms with Crippen LogP contribution in [0.25, 0.3) is 0 Å². The van der Waals surface area contributed by atoms with Crippen LogP contribution in [0.4, 0.5) is 24.5 Å². The first-order valence-electron chi connectivity index (χ1n) is 7.16. The number of hydrogen-bond donors (Lipinski definition) is 2. The molecule has 0 heterocycles. The van der Waals surface area contributed by atoms with E-state index in [1.54, 1.807) is 0 Å². The number of benzene rings is 3. The lowest BCUT2D eigenvalue weighted by atomic mass is 10.2. The van der Waals surface area contributed by atoms with E-state index in [0.717, 1.165) is 36.4 Å². The maximum Gasteiger partial charge on any atom is 0.134 e. The molecule has 0 saturated carbocycles. The molecule has 0 atom stereocenters. The van der Waals surface area contributed by atoms with Crippen molar-refractivity contribution in [2.45, 2.75) is 0 Å². The summed E-state index contributed by atoms with van der Waals surface area (Å²) < 4.78 is 51.3. The highest BCUT2D eigenvalue weighted by molar-refractivity contribution is 5.48. The number of halogens is 3. The molecule has 0 saturated heterocycles. The van der Waals surface area contributed by atoms with Crippen molar-refractivity contribution in [3.8, 4) is 23.0 Å². The molecule has 7 heteroatoms. The molecule has 3 aromatic carbocycles. The molecular formula is C18H13F3N2O2. The van der Waals surface area contributed by atoms with Gasteiger partial charge in [0.05, 0.1) is 0 Å². The van der Waals surface area contributed by atoms with Crippen molar-refractivity contribution in [3.05, 3.63) is 72.0 Å². The third kappa shape index (κ3) is 4.35. The van der Waals surface area contributed by atoms with Gasteiger partial charge in [-0.1, -0.05) is 0 Å². The predicted octanol–water partition coefficient (Wildman–Crippen LogP) is 4.85. The molecule has 0 amide bonds. The first kappa shape index (κ1) is 16.5. The van der Waals surface area contributed by atoms with Crippen LogP contribution in [-0.2, 0) is 0 Å². The number of anilines is 2. The van der Waals surface area contributed by atoms with Crippen molar-refractivity contribution in [1.29, 1.82) is 0 Å². The molecule has 3 aromatic rings. The largest absolute Gasteiger partial charge is 0.457 e. The van der Waals surface area contributed by atoms with Crippen molar-refractivity contribution in [2.24, 2.45) is 0 Å². The summed E-state index contributed by atoms with van der Waals surface area (Å²) in [6.45, 7) is 0. The molecule has 0 aromatic heterocycles. The van der Waals surface area contributed by atoms with Gasteiger partial charge in [0, 0.05) is 53.8 Å². The van der Waals surface area contributed by atoms with Gasteiger partial charge in [0.25, 0.3) is 0 Å². The Labute approximate surface area is 141 Å². The van der Waals surface area contributed by atoms with Gasteiger partial charge in [0.1, 0.15) is 40.4 Å². The topological polar surface area (TPSA) is 70.5 Å². The van der Waals surface area contributed by atoms with E-state index in [9.17, 15) is 13.2 Å². The lowest BCUT2D eigenvalue weighted by molar-refractivity contribution is 0.447. The van der Waals surface area contributed by atoms with Gasteiger partial charge in [-0.3, -0.25) is 0 Å². The average Bonchev–Trinajstić information content (AvgIpc) is 2.43. The van der Waals surface area contributed by atoms with Crippen LogP contribution < -0.4 is 20.9 Å². The fraction of sp³-hybridized carbons (Fsp3) is 0. The van der Waals surface area contributed by atoms with E-state index >= 15 is 0 Å². The zero-order valence-electron chi connectivity index (χ0n) is 12.8. The van der Waals surface area contributed by atoms with Crippen LogP contribution in [0.15, 0.2) is 54.6 Å². The molecule has 4 N–H and O–H groups in total. The number of nitrogen functional groups attached to an aromatic ring is 2. The molecule has 0 aliphatic rings. The lowest BCUT2D eigenvalue weighted by Gasteiger charge is -2.11. The van der Waals surface area contributed by atoms with Crippen LogP contribution in [0.5, 0.6) is 23.0 Å². The summed E-state index contributed by atoms with van der Waals surface area (Å²) in [5.74, 6) is -1.50. The molecule has 128 valence electrons. The standard InChI is InChI=1S/C18H13F3N2O2/c19-10-1-13(22)7-15(3-10)24-17-5-12(21)6-18(9-17)25-16-4-11(20)2-14(23)8-16/h1-9H,22-23H2. The van der Waals surface area contributed by atoms with E-state index in [-0.39, 0.29) is 34.4 Å². The van der Waals surface area contributed by atoms with E-state index < -0.39 is 17.5 Å². The highest BCUT2D eigenvalue weighted by Gasteiger charge is 2.08. The Bertz CT molecular complexity index is 820. The van der Waals surface area contributed by atoms with Gasteiger partial charge in [-0.25, -0.2) is 13.2 Å². The Morgan fingerprint density at radius 2 is 0.800 bits per heavy atom. The Kier molecular flexibility index (Phi) is 4.38. The van der Waals surface area contributed by atoms with Gasteiger partial charge >= 0.3 is 0 Å². The van der Waals surface area contributed by atoms with E-state index in [2.05, 4.69) is 0 Å². The van der Waals surface area contributed by atoms with Gasteiger partial charge in [-0.2, -0.15) is 0 Å². The summed E-state index contributed by atoms with van der Waals surface area (Å²) in [4.78, 5) is 0. The molecule has 0 radical (unpaired) electrons. The molecule has 0 spiro atoms. The fourth-order valence-electron chi connectivity index (χ4n) is 2.21. The molecule has 0 unspecified atom stereocenters. The summed E-state index contributed by atoms with van der Waals surface area (Å²) in [5.41, 5.74) is 11.4. The number of hydrogen-bond acceptors (Lipinski definition) is 4. The predicted molar refractivity (Wildman–Crippen MR) is 88.2 cm³/mol. The first-order valence-corrected chi connectivity index (χ1v) is 7.16. The SMILES string of the molecule is Nc1cc(F)cc(Oc2cc(F)cc(Oc3cc(N)cc(F)c3)c2)c1. The van der Waals surface area contributed by atoms with Gasteiger partial charge in [-0.05, 0) is 12.1 Å². The highest BCUT2D eigenvalue weighted by Crippen LogP contribution is 2.31. The second-order valence-corrected chi connectivity index (χ2v) is 5.27. The van der Waals surface area contributed by atoms with Crippen molar-refractivity contribution < 1.29 is 22.6 Å². The van der Waals surface area contributed by atoms with Crippen molar-refractivity contribution in [2.75, 3.05) is 11.5 Å². The smallest absolute Gasteiger partial charge is 0.134 e. The van der Waals surface area contributed by atoms with Crippen LogP contribution in [-0.4, -0.2) is 0 Å². The normalized spacial score (nSPS) is 10.5. The van der Waals surface area contributed by atoms with Gasteiger partial charge in [-0.15, -0.1) is 0 Å². The molecule has 0 aliphatic heterocycles. The maximum atomic E-state index is 13.8. The Hall–Kier alpha value is -3.35. The molecule has 0 aliphatic carbocycles. The zero-order chi connectivity index (χ0) is 18.0. The van der Waals surface area contributed by atoms with E-state index in [1.165, 1.54) is 18.2 Å². The summed E-state index contributed by atoms with van der Waals surface area (Å²) >= 11 is 0. The van der Waals surface area contributed by atoms with Gasteiger partial charge in [0.15, 0.2) is 0 Å². The molecule has 3 rings (SSSR count). The van der Waals surface area contributed by atoms with Crippen LogP contribution in [0.2, 0.25) is 0 Å². The monoisotopic (exact) mass is 346 g/mol. The van der Waals surface area contributed by atoms with Crippen LogP contribution in [0, 0.1) is 17.5 Å². The second kappa shape index (κ2) is 6.64. The first-order chi connectivity index (χ1) is 11.9. The van der Waals surface area contributed by atoms with Crippen molar-refractivity contribution in [1.82, 2.24) is 0 Å². The lowest BCUT2D eigenvalue weighted by Crippen LogP contribution is -1.93. The molecule has 25 heavy (non-hydrogen) atoms. The van der Waals surface area contributed by atoms with Crippen molar-refractivity contribution >= 4 is 11.4 Å². The Morgan fingerprint density at radius 1 is 0.480 bits per heavy atom. The number of nitrogens with two attached hydrogens (primary N) is 2. The van der Waals surface area contributed by atoms with E-state index in [4.69, 9.17) is 20.9 Å². The highest BCUT2D eigenvalue weighted by atomic mass is 19.1. The van der Waals surface area contributed by atoms with E-state index in [1.807, 2.05) is 0 Å². The molecule has 0 fully saturated rings. The minimum Gasteiger partial charge on any atom is -0.457 e. The quantitative estimate of drug-likeness (QED) is 0.662. The van der Waals surface area contributed by atoms with E-state index in [0.29, 0.717) is 0 Å². The minimum absolute atomic E-state index is 0.0596. The molecule has 0 bridgehead atoms. The summed E-state index contributed by atoms with van der Waals surface area (Å²) in [6, 6.07) is 10.8. The minimum atomic E-state index is -0.652. The molecule has 4 nitrogen and oxygen atoms in total. The van der Waals surface area contributed by atoms with Crippen LogP contribution in [0.3, 0.4) is 0 Å². The second-order valence-electron chi connectivity index (χ2n) is 5.27. The average molecular weight is 346 g/mol. The summed E-state index contributed by atoms with van der Waals surface area (Å²) in [7, 11) is 0. The Morgan fingerprint density at radius 3 is 1.16 bits per heavy atom. The third-order valence-corrected chi connectivity index (χ3v) is 3.10. The van der Waals surface area contributed by atoms with Crippen LogP contribution >= 0.6 is 0 Å². The molecular weight excluding hydrogens is 333 g/mol. The Balaban J connectivity index is 1.87. The third-order valence-electron chi connectivity index (χ3n) is 3.10. The number of ether oxygens (including phenoxy) is 2. The fourth-order valence-corrected chi connectivity index (χ4v) is 2.21. The van der Waals surface area contributed by atoms with Crippen LogP contribution in [0.1, 0.15) is 0 Å². The summed E-state index contributed by atoms with van der Waals surface area (Å²) in [6.07, 6.45) is 0. The summed E-state index contributed by atoms with van der Waals surface area (Å²) in [5, 5.41) is 0. The zero-order valence-corrected chi connectivity index (χ0v) is 12.8. The maximum absolute atomic E-state index is 13.8. The van der Waals surface area contributed by atoms with Gasteiger partial charge < -0.3 is 20.9 Å². The van der Waals surface area contributed by atoms with Gasteiger partial charge in [0.2, 0.25) is 0 Å². The number of rotatable bonds is 4. The van der Waals surface area contributed by atoms with Crippen molar-refractivity contribution in [3.63, 3.8) is 0 Å².